The summed E-state index contributed by atoms with van der Waals surface area (Å²) in [5, 5.41) is 0. The Kier molecular flexibility index (Phi) is 16.8. The largest absolute Gasteiger partial charge is 0.474 e. The maximum absolute atomic E-state index is 12.1. The van der Waals surface area contributed by atoms with Crippen LogP contribution in [0.4, 0.5) is 0 Å². The fourth-order valence-corrected chi connectivity index (χ4v) is 6.38. The van der Waals surface area contributed by atoms with E-state index in [1.165, 1.54) is 89.9 Å². The van der Waals surface area contributed by atoms with E-state index < -0.39 is 13.2 Å². The fourth-order valence-electron chi connectivity index (χ4n) is 4.08. The zero-order valence-electron chi connectivity index (χ0n) is 19.9. The van der Waals surface area contributed by atoms with Crippen LogP contribution in [0.5, 0.6) is 0 Å². The van der Waals surface area contributed by atoms with Gasteiger partial charge in [-0.25, -0.2) is 4.57 Å². The summed E-state index contributed by atoms with van der Waals surface area (Å²) in [6.07, 6.45) is 23.6. The highest BCUT2D eigenvalue weighted by molar-refractivity contribution is 7.47. The number of ether oxygens (including phenoxy) is 1. The monoisotopic (exact) mass is 464 g/mol. The van der Waals surface area contributed by atoms with Gasteiger partial charge in [0.1, 0.15) is 0 Å². The SMILES string of the molecule is CCCCCCCCCCCCCCCCCCOP(=O)(O)OC1([SiH3])CCCCO1. The van der Waals surface area contributed by atoms with E-state index in [0.29, 0.717) is 23.3 Å². The van der Waals surface area contributed by atoms with Gasteiger partial charge in [-0.05, 0) is 25.7 Å². The van der Waals surface area contributed by atoms with Crippen LogP contribution >= 0.6 is 7.82 Å². The van der Waals surface area contributed by atoms with Crippen LogP contribution in [0.1, 0.15) is 129 Å². The highest BCUT2D eigenvalue weighted by Gasteiger charge is 2.37. The first kappa shape index (κ1) is 28.3. The van der Waals surface area contributed by atoms with Gasteiger partial charge < -0.3 is 9.63 Å². The van der Waals surface area contributed by atoms with E-state index in [1.54, 1.807) is 0 Å². The maximum atomic E-state index is 12.1. The molecule has 30 heavy (non-hydrogen) atoms. The summed E-state index contributed by atoms with van der Waals surface area (Å²) < 4.78 is 28.1. The molecular weight excluding hydrogens is 415 g/mol. The Morgan fingerprint density at radius 1 is 0.833 bits per heavy atom. The lowest BCUT2D eigenvalue weighted by molar-refractivity contribution is -0.154. The van der Waals surface area contributed by atoms with Crippen LogP contribution in [-0.2, 0) is 18.3 Å². The van der Waals surface area contributed by atoms with Crippen molar-refractivity contribution in [3.05, 3.63) is 0 Å². The standard InChI is InChI=1S/C23H49O5PSi/c1-2-3-4-5-6-7-8-9-10-11-12-13-14-15-16-18-22-27-29(24,25)28-23(30)20-17-19-21-26-23/h2-22H2,1,30H3,(H,24,25). The van der Waals surface area contributed by atoms with Crippen LogP contribution in [0.3, 0.4) is 0 Å². The number of rotatable bonds is 20. The molecule has 2 unspecified atom stereocenters. The Hall–Kier alpha value is 0.287. The Morgan fingerprint density at radius 2 is 1.30 bits per heavy atom. The Labute approximate surface area is 189 Å². The van der Waals surface area contributed by atoms with Crippen molar-refractivity contribution in [1.82, 2.24) is 0 Å². The molecule has 0 saturated carbocycles. The van der Waals surface area contributed by atoms with Crippen LogP contribution in [-0.4, -0.2) is 33.8 Å². The molecule has 7 heteroatoms. The predicted molar refractivity (Wildman–Crippen MR) is 129 cm³/mol. The maximum Gasteiger partial charge on any atom is 0.474 e. The smallest absolute Gasteiger partial charge is 0.354 e. The molecule has 0 amide bonds. The Bertz CT molecular complexity index is 443. The Balaban J connectivity index is 1.83. The van der Waals surface area contributed by atoms with E-state index in [0.717, 1.165) is 25.7 Å². The molecule has 0 aromatic heterocycles. The molecule has 1 N–H and O–H groups in total. The van der Waals surface area contributed by atoms with Crippen LogP contribution < -0.4 is 0 Å². The lowest BCUT2D eigenvalue weighted by atomic mass is 10.0. The molecule has 180 valence electrons. The molecule has 0 aliphatic carbocycles. The van der Waals surface area contributed by atoms with Crippen molar-refractivity contribution >= 4 is 18.1 Å². The first-order valence-corrected chi connectivity index (χ1v) is 15.3. The summed E-state index contributed by atoms with van der Waals surface area (Å²) >= 11 is 0. The zero-order chi connectivity index (χ0) is 22.0. The van der Waals surface area contributed by atoms with Crippen molar-refractivity contribution in [1.29, 1.82) is 0 Å². The third-order valence-electron chi connectivity index (χ3n) is 5.99. The minimum absolute atomic E-state index is 0.282. The zero-order valence-corrected chi connectivity index (χ0v) is 22.8. The van der Waals surface area contributed by atoms with Gasteiger partial charge in [-0.1, -0.05) is 103 Å². The van der Waals surface area contributed by atoms with Crippen molar-refractivity contribution < 1.29 is 23.2 Å². The second kappa shape index (κ2) is 17.8. The second-order valence-corrected chi connectivity index (χ2v) is 12.0. The summed E-state index contributed by atoms with van der Waals surface area (Å²) in [5.74, 6) is 0. The molecule has 1 aliphatic heterocycles. The molecule has 1 saturated heterocycles. The topological polar surface area (TPSA) is 65.0 Å². The highest BCUT2D eigenvalue weighted by Crippen LogP contribution is 2.48. The minimum Gasteiger partial charge on any atom is -0.354 e. The van der Waals surface area contributed by atoms with Crippen LogP contribution in [0.2, 0.25) is 0 Å². The summed E-state index contributed by atoms with van der Waals surface area (Å²) in [6, 6.07) is 0. The molecule has 1 rings (SSSR count). The lowest BCUT2D eigenvalue weighted by Crippen LogP contribution is -2.39. The first-order valence-electron chi connectivity index (χ1n) is 12.8. The van der Waals surface area contributed by atoms with Crippen molar-refractivity contribution in [2.45, 2.75) is 134 Å². The van der Waals surface area contributed by atoms with Gasteiger partial charge in [-0.15, -0.1) is 0 Å². The fraction of sp³-hybridized carbons (Fsp3) is 1.00. The minimum atomic E-state index is -4.01. The molecule has 1 heterocycles. The van der Waals surface area contributed by atoms with E-state index in [2.05, 4.69) is 6.92 Å². The molecule has 0 radical (unpaired) electrons. The van der Waals surface area contributed by atoms with E-state index in [9.17, 15) is 9.46 Å². The van der Waals surface area contributed by atoms with Gasteiger partial charge in [0.05, 0.1) is 16.8 Å². The van der Waals surface area contributed by atoms with Crippen LogP contribution in [0.25, 0.3) is 0 Å². The Morgan fingerprint density at radius 3 is 1.73 bits per heavy atom. The number of phosphoric ester groups is 1. The summed E-state index contributed by atoms with van der Waals surface area (Å²) in [7, 11) is -3.44. The van der Waals surface area contributed by atoms with E-state index >= 15 is 0 Å². The average molecular weight is 465 g/mol. The third kappa shape index (κ3) is 16.0. The highest BCUT2D eigenvalue weighted by atomic mass is 31.2. The van der Waals surface area contributed by atoms with Crippen LogP contribution in [0.15, 0.2) is 0 Å². The molecular formula is C23H49O5PSi. The van der Waals surface area contributed by atoms with Crippen molar-refractivity contribution in [3.63, 3.8) is 0 Å². The van der Waals surface area contributed by atoms with Gasteiger partial charge in [0.25, 0.3) is 0 Å². The molecule has 2 atom stereocenters. The molecule has 0 aromatic carbocycles. The third-order valence-corrected chi connectivity index (χ3v) is 8.46. The quantitative estimate of drug-likeness (QED) is 0.125. The van der Waals surface area contributed by atoms with Crippen molar-refractivity contribution in [2.24, 2.45) is 0 Å². The van der Waals surface area contributed by atoms with E-state index in [-0.39, 0.29) is 6.61 Å². The summed E-state index contributed by atoms with van der Waals surface area (Å²) in [6.45, 7) is 3.16. The normalized spacial score (nSPS) is 21.7. The van der Waals surface area contributed by atoms with Gasteiger partial charge >= 0.3 is 7.82 Å². The van der Waals surface area contributed by atoms with E-state index in [4.69, 9.17) is 13.8 Å². The van der Waals surface area contributed by atoms with Crippen molar-refractivity contribution in [3.8, 4) is 0 Å². The number of phosphoric acid groups is 1. The summed E-state index contributed by atoms with van der Waals surface area (Å²) in [4.78, 5) is 9.91. The lowest BCUT2D eigenvalue weighted by Gasteiger charge is -2.34. The van der Waals surface area contributed by atoms with Gasteiger partial charge in [0, 0.05) is 6.61 Å². The average Bonchev–Trinajstić information content (AvgIpc) is 2.70. The van der Waals surface area contributed by atoms with Crippen molar-refractivity contribution in [2.75, 3.05) is 13.2 Å². The van der Waals surface area contributed by atoms with Crippen LogP contribution in [0, 0.1) is 0 Å². The second-order valence-electron chi connectivity index (χ2n) is 9.14. The predicted octanol–water partition coefficient (Wildman–Crippen LogP) is 6.60. The van der Waals surface area contributed by atoms with Gasteiger partial charge in [0.2, 0.25) is 0 Å². The first-order chi connectivity index (χ1) is 14.5. The molecule has 0 bridgehead atoms. The van der Waals surface area contributed by atoms with Gasteiger partial charge in [-0.2, -0.15) is 0 Å². The van der Waals surface area contributed by atoms with Gasteiger partial charge in [-0.3, -0.25) is 9.05 Å². The molecule has 0 spiro atoms. The summed E-state index contributed by atoms with van der Waals surface area (Å²) in [5.41, 5.74) is -0.850. The van der Waals surface area contributed by atoms with E-state index in [1.807, 2.05) is 0 Å². The molecule has 0 aromatic rings. The number of hydrogen-bond donors (Lipinski definition) is 1. The molecule has 5 nitrogen and oxygen atoms in total. The molecule has 1 fully saturated rings. The number of hydrogen-bond acceptors (Lipinski definition) is 4. The molecule has 1 aliphatic rings. The number of unbranched alkanes of at least 4 members (excludes halogenated alkanes) is 15. The van der Waals surface area contributed by atoms with Gasteiger partial charge in [0.15, 0.2) is 5.41 Å².